The number of carbonyl (C=O) groups is 1. The van der Waals surface area contributed by atoms with Crippen molar-refractivity contribution < 1.29 is 13.9 Å². The molecule has 0 bridgehead atoms. The number of para-hydroxylation sites is 1. The first kappa shape index (κ1) is 17.2. The maximum absolute atomic E-state index is 12.4. The van der Waals surface area contributed by atoms with Gasteiger partial charge in [-0.25, -0.2) is 0 Å². The molecule has 0 saturated heterocycles. The lowest BCUT2D eigenvalue weighted by atomic mass is 10.1. The van der Waals surface area contributed by atoms with Gasteiger partial charge in [0.25, 0.3) is 11.1 Å². The summed E-state index contributed by atoms with van der Waals surface area (Å²) in [4.78, 5) is 12.4. The van der Waals surface area contributed by atoms with Gasteiger partial charge in [0.15, 0.2) is 5.78 Å². The second-order valence-corrected chi connectivity index (χ2v) is 6.58. The van der Waals surface area contributed by atoms with Crippen LogP contribution in [-0.2, 0) is 0 Å². The highest BCUT2D eigenvalue weighted by atomic mass is 32.2. The number of hydrogen-bond acceptors (Lipinski definition) is 6. The summed E-state index contributed by atoms with van der Waals surface area (Å²) in [6.45, 7) is 4.30. The van der Waals surface area contributed by atoms with E-state index in [1.54, 1.807) is 12.1 Å². The average molecular weight is 354 g/mol. The van der Waals surface area contributed by atoms with Gasteiger partial charge in [0, 0.05) is 5.56 Å². The zero-order valence-corrected chi connectivity index (χ0v) is 14.8. The van der Waals surface area contributed by atoms with Gasteiger partial charge in [-0.15, -0.1) is 10.2 Å². The van der Waals surface area contributed by atoms with Crippen molar-refractivity contribution in [2.24, 2.45) is 0 Å². The van der Waals surface area contributed by atoms with E-state index in [-0.39, 0.29) is 11.0 Å². The van der Waals surface area contributed by atoms with Crippen molar-refractivity contribution in [3.05, 3.63) is 60.2 Å². The lowest BCUT2D eigenvalue weighted by Gasteiger charge is -2.07. The Morgan fingerprint density at radius 3 is 2.60 bits per heavy atom. The molecule has 1 aromatic heterocycles. The number of benzene rings is 2. The SMILES string of the molecule is CCOc1ccccc1-c1nnc(SC(C)C(=O)c2ccccc2)o1. The molecule has 0 fully saturated rings. The number of carbonyl (C=O) groups excluding carboxylic acids is 1. The Hall–Kier alpha value is -2.60. The zero-order chi connectivity index (χ0) is 17.6. The number of Topliss-reactive ketones (excluding diaryl/α,β-unsaturated/α-hetero) is 1. The highest BCUT2D eigenvalue weighted by Crippen LogP contribution is 2.32. The largest absolute Gasteiger partial charge is 0.493 e. The van der Waals surface area contributed by atoms with E-state index in [0.717, 1.165) is 5.56 Å². The van der Waals surface area contributed by atoms with Crippen LogP contribution < -0.4 is 4.74 Å². The first-order chi connectivity index (χ1) is 12.2. The third-order valence-electron chi connectivity index (χ3n) is 3.53. The molecule has 128 valence electrons. The number of ether oxygens (including phenoxy) is 1. The average Bonchev–Trinajstić information content (AvgIpc) is 3.11. The molecule has 0 spiro atoms. The number of rotatable bonds is 7. The van der Waals surface area contributed by atoms with Gasteiger partial charge in [-0.1, -0.05) is 54.2 Å². The number of aromatic nitrogens is 2. The number of nitrogens with zero attached hydrogens (tertiary/aromatic N) is 2. The van der Waals surface area contributed by atoms with Crippen molar-refractivity contribution in [2.45, 2.75) is 24.3 Å². The van der Waals surface area contributed by atoms with Gasteiger partial charge in [-0.05, 0) is 26.0 Å². The van der Waals surface area contributed by atoms with Crippen LogP contribution in [0.25, 0.3) is 11.5 Å². The quantitative estimate of drug-likeness (QED) is 0.460. The van der Waals surface area contributed by atoms with Gasteiger partial charge < -0.3 is 9.15 Å². The molecule has 1 heterocycles. The van der Waals surface area contributed by atoms with E-state index >= 15 is 0 Å². The minimum atomic E-state index is -0.321. The summed E-state index contributed by atoms with van der Waals surface area (Å²) in [6, 6.07) is 16.7. The van der Waals surface area contributed by atoms with Crippen molar-refractivity contribution in [3.8, 4) is 17.2 Å². The molecule has 5 nitrogen and oxygen atoms in total. The second kappa shape index (κ2) is 7.98. The highest BCUT2D eigenvalue weighted by molar-refractivity contribution is 8.00. The van der Waals surface area contributed by atoms with Gasteiger partial charge in [0.2, 0.25) is 0 Å². The van der Waals surface area contributed by atoms with Crippen LogP contribution in [0.3, 0.4) is 0 Å². The number of thioether (sulfide) groups is 1. The van der Waals surface area contributed by atoms with Crippen molar-refractivity contribution >= 4 is 17.5 Å². The van der Waals surface area contributed by atoms with E-state index in [2.05, 4.69) is 10.2 Å². The maximum Gasteiger partial charge on any atom is 0.277 e. The zero-order valence-electron chi connectivity index (χ0n) is 14.0. The smallest absolute Gasteiger partial charge is 0.277 e. The molecule has 0 saturated carbocycles. The lowest BCUT2D eigenvalue weighted by molar-refractivity contribution is 0.0993. The minimum absolute atomic E-state index is 0.0278. The molecule has 6 heteroatoms. The van der Waals surface area contributed by atoms with Crippen LogP contribution in [0.15, 0.2) is 64.2 Å². The second-order valence-electron chi connectivity index (χ2n) is 5.29. The van der Waals surface area contributed by atoms with Crippen LogP contribution in [0.5, 0.6) is 5.75 Å². The molecule has 0 aliphatic carbocycles. The standard InChI is InChI=1S/C19H18N2O3S/c1-3-23-16-12-8-7-11-15(16)18-20-21-19(24-18)25-13(2)17(22)14-9-5-4-6-10-14/h4-13H,3H2,1-2H3. The van der Waals surface area contributed by atoms with E-state index in [0.29, 0.717) is 29.0 Å². The minimum Gasteiger partial charge on any atom is -0.493 e. The fourth-order valence-corrected chi connectivity index (χ4v) is 3.09. The molecule has 2 aromatic carbocycles. The molecule has 25 heavy (non-hydrogen) atoms. The Kier molecular flexibility index (Phi) is 5.50. The van der Waals surface area contributed by atoms with Crippen LogP contribution in [0.1, 0.15) is 24.2 Å². The fourth-order valence-electron chi connectivity index (χ4n) is 2.33. The summed E-state index contributed by atoms with van der Waals surface area (Å²) < 4.78 is 11.3. The Bertz CT molecular complexity index is 849. The van der Waals surface area contributed by atoms with Crippen molar-refractivity contribution in [1.82, 2.24) is 10.2 Å². The van der Waals surface area contributed by atoms with Gasteiger partial charge >= 0.3 is 0 Å². The molecular formula is C19H18N2O3S. The van der Waals surface area contributed by atoms with Crippen LogP contribution in [0.4, 0.5) is 0 Å². The van der Waals surface area contributed by atoms with Crippen molar-refractivity contribution in [1.29, 1.82) is 0 Å². The van der Waals surface area contributed by atoms with Gasteiger partial charge in [-0.3, -0.25) is 4.79 Å². The van der Waals surface area contributed by atoms with Crippen LogP contribution in [0.2, 0.25) is 0 Å². The Labute approximate surface area is 150 Å². The molecule has 0 N–H and O–H groups in total. The van der Waals surface area contributed by atoms with E-state index in [9.17, 15) is 4.79 Å². The molecular weight excluding hydrogens is 336 g/mol. The van der Waals surface area contributed by atoms with Crippen molar-refractivity contribution in [2.75, 3.05) is 6.61 Å². The van der Waals surface area contributed by atoms with Crippen LogP contribution >= 0.6 is 11.8 Å². The molecule has 1 unspecified atom stereocenters. The maximum atomic E-state index is 12.4. The van der Waals surface area contributed by atoms with E-state index in [4.69, 9.17) is 9.15 Å². The summed E-state index contributed by atoms with van der Waals surface area (Å²) in [5.41, 5.74) is 1.41. The predicted molar refractivity (Wildman–Crippen MR) is 97.0 cm³/mol. The lowest BCUT2D eigenvalue weighted by Crippen LogP contribution is -2.13. The Morgan fingerprint density at radius 2 is 1.84 bits per heavy atom. The molecule has 3 rings (SSSR count). The molecule has 0 amide bonds. The summed E-state index contributed by atoms with van der Waals surface area (Å²) in [5, 5.41) is 8.17. The fraction of sp³-hybridized carbons (Fsp3) is 0.211. The summed E-state index contributed by atoms with van der Waals surface area (Å²) in [7, 11) is 0. The van der Waals surface area contributed by atoms with E-state index in [1.165, 1.54) is 11.8 Å². The number of ketones is 1. The number of hydrogen-bond donors (Lipinski definition) is 0. The van der Waals surface area contributed by atoms with E-state index in [1.807, 2.05) is 56.3 Å². The predicted octanol–water partition coefficient (Wildman–Crippen LogP) is 4.50. The summed E-state index contributed by atoms with van der Waals surface area (Å²) in [5.74, 6) is 1.10. The third-order valence-corrected chi connectivity index (χ3v) is 4.46. The first-order valence-electron chi connectivity index (χ1n) is 8.00. The van der Waals surface area contributed by atoms with Gasteiger partial charge in [-0.2, -0.15) is 0 Å². The van der Waals surface area contributed by atoms with Gasteiger partial charge in [0.1, 0.15) is 5.75 Å². The monoisotopic (exact) mass is 354 g/mol. The highest BCUT2D eigenvalue weighted by Gasteiger charge is 2.20. The van der Waals surface area contributed by atoms with Crippen molar-refractivity contribution in [3.63, 3.8) is 0 Å². The summed E-state index contributed by atoms with van der Waals surface area (Å²) >= 11 is 1.25. The van der Waals surface area contributed by atoms with Gasteiger partial charge in [0.05, 0.1) is 17.4 Å². The van der Waals surface area contributed by atoms with Crippen LogP contribution in [-0.4, -0.2) is 27.8 Å². The molecule has 0 radical (unpaired) electrons. The normalized spacial score (nSPS) is 11.9. The molecule has 1 atom stereocenters. The van der Waals surface area contributed by atoms with E-state index < -0.39 is 0 Å². The topological polar surface area (TPSA) is 65.2 Å². The molecule has 0 aliphatic rings. The molecule has 0 aliphatic heterocycles. The molecule has 3 aromatic rings. The Morgan fingerprint density at radius 1 is 1.12 bits per heavy atom. The van der Waals surface area contributed by atoms with Crippen LogP contribution in [0, 0.1) is 0 Å². The Balaban J connectivity index is 1.75. The first-order valence-corrected chi connectivity index (χ1v) is 8.88. The summed E-state index contributed by atoms with van der Waals surface area (Å²) in [6.07, 6.45) is 0. The third kappa shape index (κ3) is 4.09.